The number of ether oxygens (including phenoxy) is 2. The molecule has 0 saturated carbocycles. The predicted octanol–water partition coefficient (Wildman–Crippen LogP) is 3.89. The van der Waals surface area contributed by atoms with Crippen molar-refractivity contribution >= 4 is 45.1 Å². The number of imide groups is 1. The van der Waals surface area contributed by atoms with Gasteiger partial charge in [-0.05, 0) is 17.7 Å². The van der Waals surface area contributed by atoms with Crippen molar-refractivity contribution in [3.63, 3.8) is 0 Å². The number of hydrogen-bond acceptors (Lipinski definition) is 5. The van der Waals surface area contributed by atoms with Crippen molar-refractivity contribution < 1.29 is 23.9 Å². The lowest BCUT2D eigenvalue weighted by Crippen LogP contribution is -2.38. The number of cyclic esters (lactones) is 1. The largest absolute Gasteiger partial charge is 0.446 e. The third kappa shape index (κ3) is 3.42. The summed E-state index contributed by atoms with van der Waals surface area (Å²) in [5, 5.41) is 0. The molecule has 7 nitrogen and oxygen atoms in total. The molecule has 8 heteroatoms. The zero-order valence-corrected chi connectivity index (χ0v) is 18.0. The topological polar surface area (TPSA) is 76.2 Å². The summed E-state index contributed by atoms with van der Waals surface area (Å²) in [5.41, 5.74) is 2.63. The molecule has 3 amide bonds. The average Bonchev–Trinajstić information content (AvgIpc) is 3.26. The van der Waals surface area contributed by atoms with E-state index >= 15 is 0 Å². The molecule has 154 valence electrons. The molecule has 0 bridgehead atoms. The number of anilines is 1. The normalized spacial score (nSPS) is 21.7. The third-order valence-electron chi connectivity index (χ3n) is 5.17. The number of carbonyl (C=O) groups is 3. The maximum atomic E-state index is 13.2. The minimum atomic E-state index is -0.774. The molecule has 4 rings (SSSR count). The van der Waals surface area contributed by atoms with Crippen molar-refractivity contribution in [2.45, 2.75) is 19.2 Å². The van der Waals surface area contributed by atoms with E-state index in [9.17, 15) is 14.4 Å². The van der Waals surface area contributed by atoms with Gasteiger partial charge in [0, 0.05) is 35.7 Å². The summed E-state index contributed by atoms with van der Waals surface area (Å²) in [5.74, 6) is -0.748. The second-order valence-electron chi connectivity index (χ2n) is 6.95. The molecule has 1 saturated heterocycles. The number of hydrogen-bond donors (Lipinski definition) is 0. The maximum Gasteiger partial charge on any atom is 0.417 e. The molecule has 2 aliphatic rings. The van der Waals surface area contributed by atoms with Crippen molar-refractivity contribution in [3.05, 3.63) is 70.2 Å². The van der Waals surface area contributed by atoms with E-state index < -0.39 is 24.3 Å². The molecular weight excluding hydrogens is 452 g/mol. The first kappa shape index (κ1) is 20.3. The number of rotatable bonds is 3. The lowest BCUT2D eigenvalue weighted by Gasteiger charge is -2.24. The fourth-order valence-electron chi connectivity index (χ4n) is 3.85. The van der Waals surface area contributed by atoms with E-state index in [-0.39, 0.29) is 12.5 Å². The molecular formula is C22H19BrN2O5. The van der Waals surface area contributed by atoms with Crippen LogP contribution in [0, 0.1) is 0 Å². The summed E-state index contributed by atoms with van der Waals surface area (Å²) in [6.45, 7) is 1.53. The highest BCUT2D eigenvalue weighted by Crippen LogP contribution is 2.42. The van der Waals surface area contributed by atoms with Crippen molar-refractivity contribution in [2.75, 3.05) is 18.6 Å². The number of amides is 3. The van der Waals surface area contributed by atoms with Gasteiger partial charge in [0.05, 0.1) is 5.69 Å². The molecule has 0 aromatic heterocycles. The molecule has 0 radical (unpaired) electrons. The van der Waals surface area contributed by atoms with Crippen molar-refractivity contribution in [1.82, 2.24) is 4.90 Å². The van der Waals surface area contributed by atoms with Crippen LogP contribution in [0.3, 0.4) is 0 Å². The molecule has 0 aliphatic carbocycles. The van der Waals surface area contributed by atoms with Crippen LogP contribution >= 0.6 is 15.9 Å². The monoisotopic (exact) mass is 470 g/mol. The standard InChI is InChI=1S/C22H19BrN2O5/c1-13(26)24-18-10-15(23)8-9-16(18)17(21(24)29-2)11-20(27)25-19(12-30-22(25)28)14-6-4-3-5-7-14/h3-11,19,21H,12H2,1-2H3/b17-11-/t19-,21?/m0/s1. The maximum absolute atomic E-state index is 13.2. The first-order chi connectivity index (χ1) is 14.4. The first-order valence-corrected chi connectivity index (χ1v) is 10.1. The highest BCUT2D eigenvalue weighted by molar-refractivity contribution is 9.10. The predicted molar refractivity (Wildman–Crippen MR) is 113 cm³/mol. The van der Waals surface area contributed by atoms with Crippen LogP contribution < -0.4 is 4.90 Å². The Morgan fingerprint density at radius 1 is 1.17 bits per heavy atom. The van der Waals surface area contributed by atoms with Crippen LogP contribution in [0.4, 0.5) is 10.5 Å². The Hall–Kier alpha value is -2.97. The minimum absolute atomic E-state index is 0.0918. The van der Waals surface area contributed by atoms with Gasteiger partial charge in [-0.15, -0.1) is 0 Å². The fourth-order valence-corrected chi connectivity index (χ4v) is 4.20. The van der Waals surface area contributed by atoms with E-state index in [0.29, 0.717) is 16.8 Å². The second kappa shape index (κ2) is 8.04. The summed E-state index contributed by atoms with van der Waals surface area (Å²) in [7, 11) is 1.47. The van der Waals surface area contributed by atoms with Crippen LogP contribution in [0.1, 0.15) is 24.1 Å². The van der Waals surface area contributed by atoms with Crippen LogP contribution in [0.5, 0.6) is 0 Å². The Balaban J connectivity index is 1.75. The Kier molecular flexibility index (Phi) is 5.44. The zero-order valence-electron chi connectivity index (χ0n) is 16.4. The van der Waals surface area contributed by atoms with E-state index in [1.54, 1.807) is 6.07 Å². The highest BCUT2D eigenvalue weighted by atomic mass is 79.9. The van der Waals surface area contributed by atoms with E-state index in [0.717, 1.165) is 14.9 Å². The van der Waals surface area contributed by atoms with Gasteiger partial charge in [-0.1, -0.05) is 52.3 Å². The van der Waals surface area contributed by atoms with Gasteiger partial charge in [0.25, 0.3) is 5.91 Å². The SMILES string of the molecule is COC1/C(=C\C(=O)N2C(=O)OC[C@H]2c2ccccc2)c2ccc(Br)cc2N1C(C)=O. The number of benzene rings is 2. The van der Waals surface area contributed by atoms with Crippen LogP contribution in [-0.2, 0) is 19.1 Å². The molecule has 0 N–H and O–H groups in total. The van der Waals surface area contributed by atoms with Crippen LogP contribution in [-0.4, -0.2) is 42.8 Å². The lowest BCUT2D eigenvalue weighted by molar-refractivity contribution is -0.124. The molecule has 2 aliphatic heterocycles. The highest BCUT2D eigenvalue weighted by Gasteiger charge is 2.41. The van der Waals surface area contributed by atoms with Gasteiger partial charge < -0.3 is 9.47 Å². The lowest BCUT2D eigenvalue weighted by atomic mass is 10.0. The van der Waals surface area contributed by atoms with Crippen LogP contribution in [0.2, 0.25) is 0 Å². The molecule has 0 spiro atoms. The number of nitrogens with zero attached hydrogens (tertiary/aromatic N) is 2. The summed E-state index contributed by atoms with van der Waals surface area (Å²) < 4.78 is 11.5. The second-order valence-corrected chi connectivity index (χ2v) is 7.87. The van der Waals surface area contributed by atoms with Crippen LogP contribution in [0.15, 0.2) is 59.1 Å². The summed E-state index contributed by atoms with van der Waals surface area (Å²) >= 11 is 3.42. The minimum Gasteiger partial charge on any atom is -0.446 e. The van der Waals surface area contributed by atoms with Crippen molar-refractivity contribution in [2.24, 2.45) is 0 Å². The van der Waals surface area contributed by atoms with Gasteiger partial charge >= 0.3 is 6.09 Å². The number of methoxy groups -OCH3 is 1. The number of carbonyl (C=O) groups excluding carboxylic acids is 3. The Morgan fingerprint density at radius 2 is 1.90 bits per heavy atom. The molecule has 30 heavy (non-hydrogen) atoms. The molecule has 2 heterocycles. The van der Waals surface area contributed by atoms with Crippen LogP contribution in [0.25, 0.3) is 5.57 Å². The average molecular weight is 471 g/mol. The van der Waals surface area contributed by atoms with Gasteiger partial charge in [0.2, 0.25) is 5.91 Å². The Labute approximate surface area is 182 Å². The van der Waals surface area contributed by atoms with E-state index in [2.05, 4.69) is 15.9 Å². The van der Waals surface area contributed by atoms with E-state index in [1.165, 1.54) is 25.0 Å². The van der Waals surface area contributed by atoms with Crippen molar-refractivity contribution in [1.29, 1.82) is 0 Å². The van der Waals surface area contributed by atoms with Gasteiger partial charge in [-0.2, -0.15) is 0 Å². The third-order valence-corrected chi connectivity index (χ3v) is 5.66. The number of halogens is 1. The van der Waals surface area contributed by atoms with E-state index in [1.807, 2.05) is 42.5 Å². The zero-order chi connectivity index (χ0) is 21.4. The summed E-state index contributed by atoms with van der Waals surface area (Å²) in [6, 6.07) is 14.2. The summed E-state index contributed by atoms with van der Waals surface area (Å²) in [4.78, 5) is 40.4. The van der Waals surface area contributed by atoms with Gasteiger partial charge in [-0.25, -0.2) is 9.69 Å². The molecule has 2 aromatic carbocycles. The molecule has 2 aromatic rings. The number of fused-ring (bicyclic) bond motifs is 1. The quantitative estimate of drug-likeness (QED) is 0.635. The van der Waals surface area contributed by atoms with Gasteiger partial charge in [0.15, 0.2) is 6.23 Å². The smallest absolute Gasteiger partial charge is 0.417 e. The molecule has 2 atom stereocenters. The summed E-state index contributed by atoms with van der Waals surface area (Å²) in [6.07, 6.45) is -0.117. The Bertz CT molecular complexity index is 1050. The van der Waals surface area contributed by atoms with Gasteiger partial charge in [0.1, 0.15) is 12.6 Å². The van der Waals surface area contributed by atoms with Gasteiger partial charge in [-0.3, -0.25) is 14.5 Å². The van der Waals surface area contributed by atoms with E-state index in [4.69, 9.17) is 9.47 Å². The Morgan fingerprint density at radius 3 is 2.57 bits per heavy atom. The van der Waals surface area contributed by atoms with Crippen molar-refractivity contribution in [3.8, 4) is 0 Å². The molecule has 1 fully saturated rings. The first-order valence-electron chi connectivity index (χ1n) is 9.31. The molecule has 1 unspecified atom stereocenters. The fraction of sp³-hybridized carbons (Fsp3) is 0.227.